The van der Waals surface area contributed by atoms with E-state index >= 15 is 0 Å². The van der Waals surface area contributed by atoms with E-state index in [4.69, 9.17) is 4.74 Å². The zero-order valence-corrected chi connectivity index (χ0v) is 14.2. The Balaban J connectivity index is 2.11. The Bertz CT molecular complexity index is 977. The summed E-state index contributed by atoms with van der Waals surface area (Å²) >= 11 is 0. The van der Waals surface area contributed by atoms with Crippen molar-refractivity contribution in [3.05, 3.63) is 75.8 Å². The van der Waals surface area contributed by atoms with Crippen LogP contribution in [0.2, 0.25) is 0 Å². The third kappa shape index (κ3) is 3.27. The molecule has 0 aliphatic rings. The molecular weight excluding hydrogens is 338 g/mol. The fourth-order valence-electron chi connectivity index (χ4n) is 2.46. The van der Waals surface area contributed by atoms with Gasteiger partial charge >= 0.3 is 5.82 Å². The molecule has 0 saturated heterocycles. The standard InChI is InChI=1S/C17H17N5O4/c1-12(13-6-4-3-5-7-13)18-16-17(22(24)25)19-20(21(16)23)14-8-10-15(26-2)11-9-14/h3-12,23H,1-2H3/t12-/m0/s1. The first kappa shape index (κ1) is 17.2. The number of rotatable bonds is 5. The minimum Gasteiger partial charge on any atom is -0.497 e. The van der Waals surface area contributed by atoms with Gasteiger partial charge in [0.05, 0.1) is 18.3 Å². The lowest BCUT2D eigenvalue weighted by molar-refractivity contribution is -0.391. The molecule has 26 heavy (non-hydrogen) atoms. The lowest BCUT2D eigenvalue weighted by atomic mass is 10.1. The second-order valence-electron chi connectivity index (χ2n) is 5.50. The van der Waals surface area contributed by atoms with Crippen molar-refractivity contribution < 1.29 is 14.9 Å². The van der Waals surface area contributed by atoms with Crippen molar-refractivity contribution in [2.24, 2.45) is 4.99 Å². The summed E-state index contributed by atoms with van der Waals surface area (Å²) in [6.07, 6.45) is 0. The van der Waals surface area contributed by atoms with E-state index in [2.05, 4.69) is 10.1 Å². The van der Waals surface area contributed by atoms with E-state index in [1.54, 1.807) is 31.2 Å². The van der Waals surface area contributed by atoms with Gasteiger partial charge < -0.3 is 20.1 Å². The molecular formula is C17H17N5O4. The van der Waals surface area contributed by atoms with Crippen LogP contribution in [0.5, 0.6) is 5.75 Å². The van der Waals surface area contributed by atoms with Crippen LogP contribution in [0.4, 0.5) is 5.82 Å². The average molecular weight is 355 g/mol. The monoisotopic (exact) mass is 355 g/mol. The summed E-state index contributed by atoms with van der Waals surface area (Å²) in [4.78, 5) is 16.6. The third-order valence-corrected chi connectivity index (χ3v) is 3.83. The van der Waals surface area contributed by atoms with Gasteiger partial charge in [-0.25, -0.2) is 4.99 Å². The van der Waals surface area contributed by atoms with Crippen LogP contribution in [0, 0.1) is 10.1 Å². The molecule has 1 N–H and O–H groups in total. The molecule has 134 valence electrons. The number of hydrogen-bond acceptors (Lipinski definition) is 6. The maximum absolute atomic E-state index is 11.4. The summed E-state index contributed by atoms with van der Waals surface area (Å²) in [6, 6.07) is 15.4. The number of aromatic nitrogens is 3. The molecule has 0 spiro atoms. The SMILES string of the molecule is COc1ccc(-n2nc([N+](=O)[O-])c(=N[C@@H](C)c3ccccc3)n2O)cc1. The van der Waals surface area contributed by atoms with Gasteiger partial charge in [-0.15, -0.1) is 0 Å². The number of nitro groups is 1. The van der Waals surface area contributed by atoms with Gasteiger partial charge in [0.25, 0.3) is 5.49 Å². The number of hydrogen-bond donors (Lipinski definition) is 1. The van der Waals surface area contributed by atoms with Crippen LogP contribution in [0.25, 0.3) is 5.69 Å². The van der Waals surface area contributed by atoms with Gasteiger partial charge in [-0.05, 0) is 46.5 Å². The van der Waals surface area contributed by atoms with Gasteiger partial charge in [-0.2, -0.15) is 0 Å². The van der Waals surface area contributed by atoms with Crippen molar-refractivity contribution in [1.82, 2.24) is 14.7 Å². The fraction of sp³-hybridized carbons (Fsp3) is 0.176. The molecule has 0 bridgehead atoms. The molecule has 3 rings (SSSR count). The fourth-order valence-corrected chi connectivity index (χ4v) is 2.46. The summed E-state index contributed by atoms with van der Waals surface area (Å²) in [7, 11) is 1.53. The van der Waals surface area contributed by atoms with Crippen LogP contribution in [-0.4, -0.2) is 32.0 Å². The highest BCUT2D eigenvalue weighted by Gasteiger charge is 2.24. The molecule has 1 aromatic heterocycles. The quantitative estimate of drug-likeness (QED) is 0.430. The Kier molecular flexibility index (Phi) is 4.70. The number of ether oxygens (including phenoxy) is 1. The minimum absolute atomic E-state index is 0.234. The zero-order valence-electron chi connectivity index (χ0n) is 14.2. The second kappa shape index (κ2) is 7.09. The molecule has 0 saturated carbocycles. The molecule has 0 amide bonds. The molecule has 0 fully saturated rings. The van der Waals surface area contributed by atoms with Gasteiger partial charge in [0.15, 0.2) is 0 Å². The molecule has 9 nitrogen and oxygen atoms in total. The molecule has 1 atom stereocenters. The molecule has 0 radical (unpaired) electrons. The maximum atomic E-state index is 11.4. The van der Waals surface area contributed by atoms with Crippen LogP contribution in [0.3, 0.4) is 0 Å². The first-order valence-electron chi connectivity index (χ1n) is 7.80. The largest absolute Gasteiger partial charge is 0.497 e. The summed E-state index contributed by atoms with van der Waals surface area (Å²) in [5.74, 6) is 0.0774. The highest BCUT2D eigenvalue weighted by atomic mass is 16.6. The van der Waals surface area contributed by atoms with Crippen molar-refractivity contribution in [3.63, 3.8) is 0 Å². The van der Waals surface area contributed by atoms with Gasteiger partial charge in [-0.3, -0.25) is 0 Å². The van der Waals surface area contributed by atoms with Crippen LogP contribution in [0.1, 0.15) is 18.5 Å². The van der Waals surface area contributed by atoms with E-state index in [9.17, 15) is 15.3 Å². The highest BCUT2D eigenvalue weighted by Crippen LogP contribution is 2.17. The van der Waals surface area contributed by atoms with Crippen LogP contribution >= 0.6 is 0 Å². The van der Waals surface area contributed by atoms with Crippen LogP contribution in [-0.2, 0) is 0 Å². The topological polar surface area (TPSA) is 108 Å². The van der Waals surface area contributed by atoms with Gasteiger partial charge in [-0.1, -0.05) is 35.2 Å². The molecule has 0 aliphatic heterocycles. The first-order chi connectivity index (χ1) is 12.5. The van der Waals surface area contributed by atoms with Crippen LogP contribution in [0.15, 0.2) is 59.6 Å². The Hall–Kier alpha value is -3.62. The number of benzene rings is 2. The zero-order chi connectivity index (χ0) is 18.7. The lowest BCUT2D eigenvalue weighted by Gasteiger charge is -2.05. The highest BCUT2D eigenvalue weighted by molar-refractivity contribution is 5.36. The van der Waals surface area contributed by atoms with E-state index in [1.165, 1.54) is 7.11 Å². The third-order valence-electron chi connectivity index (χ3n) is 3.83. The maximum Gasteiger partial charge on any atom is 0.438 e. The molecule has 1 heterocycles. The molecule has 9 heteroatoms. The van der Waals surface area contributed by atoms with Crippen molar-refractivity contribution in [2.75, 3.05) is 7.11 Å². The van der Waals surface area contributed by atoms with Crippen molar-refractivity contribution in [1.29, 1.82) is 0 Å². The Morgan fingerprint density at radius 1 is 1.19 bits per heavy atom. The minimum atomic E-state index is -0.677. The summed E-state index contributed by atoms with van der Waals surface area (Å²) < 4.78 is 5.08. The first-order valence-corrected chi connectivity index (χ1v) is 7.80. The normalized spacial score (nSPS) is 12.8. The van der Waals surface area contributed by atoms with Gasteiger partial charge in [0, 0.05) is 0 Å². The lowest BCUT2D eigenvalue weighted by Crippen LogP contribution is -2.23. The van der Waals surface area contributed by atoms with Crippen molar-refractivity contribution in [2.45, 2.75) is 13.0 Å². The van der Waals surface area contributed by atoms with Gasteiger partial charge in [0.2, 0.25) is 0 Å². The van der Waals surface area contributed by atoms with Crippen molar-refractivity contribution >= 4 is 5.82 Å². The summed E-state index contributed by atoms with van der Waals surface area (Å²) in [6.45, 7) is 1.78. The average Bonchev–Trinajstić information content (AvgIpc) is 2.99. The summed E-state index contributed by atoms with van der Waals surface area (Å²) in [5, 5.41) is 25.7. The van der Waals surface area contributed by atoms with E-state index in [0.717, 1.165) is 10.4 Å². The Morgan fingerprint density at radius 3 is 2.42 bits per heavy atom. The van der Waals surface area contributed by atoms with Crippen molar-refractivity contribution in [3.8, 4) is 11.4 Å². The predicted molar refractivity (Wildman–Crippen MR) is 92.4 cm³/mol. The predicted octanol–water partition coefficient (Wildman–Crippen LogP) is 2.49. The number of methoxy groups -OCH3 is 1. The van der Waals surface area contributed by atoms with Crippen LogP contribution < -0.4 is 10.2 Å². The van der Waals surface area contributed by atoms with E-state index in [0.29, 0.717) is 16.3 Å². The molecule has 2 aromatic carbocycles. The molecule has 3 aromatic rings. The smallest absolute Gasteiger partial charge is 0.438 e. The Labute approximate surface area is 148 Å². The van der Waals surface area contributed by atoms with E-state index < -0.39 is 16.8 Å². The Morgan fingerprint density at radius 2 is 1.85 bits per heavy atom. The number of nitrogens with zero attached hydrogens (tertiary/aromatic N) is 5. The second-order valence-corrected chi connectivity index (χ2v) is 5.50. The molecule has 0 aliphatic carbocycles. The van der Waals surface area contributed by atoms with E-state index in [-0.39, 0.29) is 5.49 Å². The van der Waals surface area contributed by atoms with Gasteiger partial charge in [0.1, 0.15) is 11.4 Å². The molecule has 0 unspecified atom stereocenters. The van der Waals surface area contributed by atoms with E-state index in [1.807, 2.05) is 30.3 Å². The summed E-state index contributed by atoms with van der Waals surface area (Å²) in [5.41, 5.74) is 1.05.